The minimum atomic E-state index is -0.317. The van der Waals surface area contributed by atoms with E-state index in [2.05, 4.69) is 20.8 Å². The second-order valence-corrected chi connectivity index (χ2v) is 1.95. The van der Waals surface area contributed by atoms with E-state index in [-0.39, 0.29) is 24.9 Å². The topological polar surface area (TPSA) is 92.9 Å². The lowest BCUT2D eigenvalue weighted by Gasteiger charge is -2.03. The molecular weight excluding hydrogens is 194 g/mol. The number of halogens is 1. The molecular formula is C6H10ClN5O. The third-order valence-electron chi connectivity index (χ3n) is 1.06. The van der Waals surface area contributed by atoms with Crippen LogP contribution in [0.15, 0.2) is 18.5 Å². The molecule has 0 saturated carbocycles. The highest BCUT2D eigenvalue weighted by molar-refractivity contribution is 5.85. The molecule has 72 valence electrons. The maximum Gasteiger partial charge on any atom is 0.252 e. The molecule has 4 N–H and O–H groups in total. The molecule has 1 aromatic heterocycles. The number of aromatic nitrogens is 2. The van der Waals surface area contributed by atoms with Crippen molar-refractivity contribution in [3.05, 3.63) is 18.5 Å². The summed E-state index contributed by atoms with van der Waals surface area (Å²) in [5.41, 5.74) is 9.85. The fourth-order valence-corrected chi connectivity index (χ4v) is 0.540. The summed E-state index contributed by atoms with van der Waals surface area (Å²) in [7, 11) is 0. The smallest absolute Gasteiger partial charge is 0.252 e. The molecule has 13 heavy (non-hydrogen) atoms. The third-order valence-corrected chi connectivity index (χ3v) is 1.06. The molecule has 0 bridgehead atoms. The summed E-state index contributed by atoms with van der Waals surface area (Å²) in [6, 6.07) is 1.68. The molecule has 0 atom stereocenters. The lowest BCUT2D eigenvalue weighted by molar-refractivity contribution is -0.119. The molecule has 0 unspecified atom stereocenters. The number of nitrogens with two attached hydrogens (primary N) is 1. The van der Waals surface area contributed by atoms with Gasteiger partial charge in [-0.2, -0.15) is 0 Å². The van der Waals surface area contributed by atoms with Crippen molar-refractivity contribution >= 4 is 24.3 Å². The van der Waals surface area contributed by atoms with Crippen LogP contribution in [0.3, 0.4) is 0 Å². The van der Waals surface area contributed by atoms with Crippen molar-refractivity contribution in [2.24, 2.45) is 5.73 Å². The van der Waals surface area contributed by atoms with E-state index in [4.69, 9.17) is 5.73 Å². The summed E-state index contributed by atoms with van der Waals surface area (Å²) in [6.07, 6.45) is 3.12. The van der Waals surface area contributed by atoms with Gasteiger partial charge in [-0.05, 0) is 6.07 Å². The minimum absolute atomic E-state index is 0. The maximum absolute atomic E-state index is 10.6. The van der Waals surface area contributed by atoms with Crippen molar-refractivity contribution < 1.29 is 4.79 Å². The summed E-state index contributed by atoms with van der Waals surface area (Å²) in [4.78, 5) is 18.2. The van der Waals surface area contributed by atoms with Crippen LogP contribution in [0, 0.1) is 0 Å². The zero-order chi connectivity index (χ0) is 8.81. The van der Waals surface area contributed by atoms with Crippen LogP contribution >= 0.6 is 12.4 Å². The van der Waals surface area contributed by atoms with Gasteiger partial charge in [0, 0.05) is 12.4 Å². The Kier molecular flexibility index (Phi) is 5.49. The molecule has 0 saturated heterocycles. The summed E-state index contributed by atoms with van der Waals surface area (Å²) < 4.78 is 0. The number of carbonyl (C=O) groups is 1. The maximum atomic E-state index is 10.6. The van der Waals surface area contributed by atoms with Gasteiger partial charge in [-0.3, -0.25) is 15.6 Å². The number of hydrogen-bond acceptors (Lipinski definition) is 5. The first kappa shape index (κ1) is 11.6. The number of hydrogen-bond donors (Lipinski definition) is 3. The van der Waals surface area contributed by atoms with Crippen molar-refractivity contribution in [2.75, 3.05) is 12.0 Å². The first-order chi connectivity index (χ1) is 5.83. The number of anilines is 1. The van der Waals surface area contributed by atoms with Gasteiger partial charge in [0.15, 0.2) is 0 Å². The number of hydrazine groups is 1. The fourth-order valence-electron chi connectivity index (χ4n) is 0.540. The Morgan fingerprint density at radius 2 is 2.08 bits per heavy atom. The van der Waals surface area contributed by atoms with E-state index < -0.39 is 0 Å². The molecule has 0 fully saturated rings. The van der Waals surface area contributed by atoms with Crippen LogP contribution in [0.25, 0.3) is 0 Å². The van der Waals surface area contributed by atoms with Crippen LogP contribution in [0.5, 0.6) is 0 Å². The number of nitrogens with zero attached hydrogens (tertiary/aromatic N) is 2. The van der Waals surface area contributed by atoms with E-state index in [0.29, 0.717) is 5.95 Å². The van der Waals surface area contributed by atoms with Crippen molar-refractivity contribution in [2.45, 2.75) is 0 Å². The first-order valence-electron chi connectivity index (χ1n) is 3.35. The first-order valence-corrected chi connectivity index (χ1v) is 3.35. The largest absolute Gasteiger partial charge is 0.322 e. The van der Waals surface area contributed by atoms with E-state index in [1.54, 1.807) is 18.5 Å². The Bertz CT molecular complexity index is 254. The second-order valence-electron chi connectivity index (χ2n) is 1.95. The van der Waals surface area contributed by atoms with E-state index in [9.17, 15) is 4.79 Å². The van der Waals surface area contributed by atoms with Crippen LogP contribution < -0.4 is 16.6 Å². The van der Waals surface area contributed by atoms with Crippen molar-refractivity contribution in [1.29, 1.82) is 0 Å². The molecule has 1 heterocycles. The van der Waals surface area contributed by atoms with Gasteiger partial charge in [0.05, 0.1) is 6.54 Å². The van der Waals surface area contributed by atoms with E-state index in [1.807, 2.05) is 0 Å². The molecule has 0 aliphatic rings. The third kappa shape index (κ3) is 4.24. The highest BCUT2D eigenvalue weighted by Gasteiger charge is 1.95. The van der Waals surface area contributed by atoms with Gasteiger partial charge in [0.1, 0.15) is 0 Å². The molecule has 1 amide bonds. The Balaban J connectivity index is 0.00000144. The second kappa shape index (κ2) is 6.15. The van der Waals surface area contributed by atoms with Gasteiger partial charge in [-0.1, -0.05) is 0 Å². The van der Waals surface area contributed by atoms with E-state index >= 15 is 0 Å². The normalized spacial score (nSPS) is 8.38. The van der Waals surface area contributed by atoms with Crippen LogP contribution in [0.4, 0.5) is 5.95 Å². The lowest BCUT2D eigenvalue weighted by Crippen LogP contribution is -2.35. The van der Waals surface area contributed by atoms with Gasteiger partial charge in [0.25, 0.3) is 5.91 Å². The summed E-state index contributed by atoms with van der Waals surface area (Å²) in [5.74, 6) is 0.0155. The van der Waals surface area contributed by atoms with E-state index in [1.165, 1.54) is 0 Å². The number of amides is 1. The Morgan fingerprint density at radius 1 is 1.46 bits per heavy atom. The molecule has 0 spiro atoms. The van der Waals surface area contributed by atoms with Crippen molar-refractivity contribution in [3.8, 4) is 0 Å². The predicted octanol–water partition coefficient (Wildman–Crippen LogP) is -0.700. The zero-order valence-corrected chi connectivity index (χ0v) is 7.54. The molecule has 1 aromatic rings. The van der Waals surface area contributed by atoms with Crippen molar-refractivity contribution in [1.82, 2.24) is 15.4 Å². The number of carbonyl (C=O) groups excluding carboxylic acids is 1. The minimum Gasteiger partial charge on any atom is -0.322 e. The number of nitrogens with one attached hydrogen (secondary N) is 2. The van der Waals surface area contributed by atoms with Gasteiger partial charge < -0.3 is 5.73 Å². The van der Waals surface area contributed by atoms with Crippen LogP contribution in [0.2, 0.25) is 0 Å². The summed E-state index contributed by atoms with van der Waals surface area (Å²) in [6.45, 7) is -0.0696. The molecule has 6 nitrogen and oxygen atoms in total. The number of rotatable bonds is 3. The monoisotopic (exact) mass is 203 g/mol. The van der Waals surface area contributed by atoms with Gasteiger partial charge in [0.2, 0.25) is 5.95 Å². The average Bonchev–Trinajstić information content (AvgIpc) is 2.16. The molecule has 0 aromatic carbocycles. The molecule has 0 aliphatic carbocycles. The van der Waals surface area contributed by atoms with Gasteiger partial charge in [-0.25, -0.2) is 9.97 Å². The standard InChI is InChI=1S/C6H9N5O.ClH/c7-4-5(12)10-11-6-8-2-1-3-9-6;/h1-3H,4,7H2,(H,10,12)(H,8,9,11);1H. The fraction of sp³-hybridized carbons (Fsp3) is 0.167. The van der Waals surface area contributed by atoms with Crippen LogP contribution in [-0.2, 0) is 4.79 Å². The summed E-state index contributed by atoms with van der Waals surface area (Å²) in [5, 5.41) is 0. The van der Waals surface area contributed by atoms with Gasteiger partial charge in [-0.15, -0.1) is 12.4 Å². The SMILES string of the molecule is Cl.NCC(=O)NNc1ncccn1. The quantitative estimate of drug-likeness (QED) is 0.565. The van der Waals surface area contributed by atoms with Crippen LogP contribution in [0.1, 0.15) is 0 Å². The zero-order valence-electron chi connectivity index (χ0n) is 6.73. The van der Waals surface area contributed by atoms with E-state index in [0.717, 1.165) is 0 Å². The molecule has 7 heteroatoms. The highest BCUT2D eigenvalue weighted by Crippen LogP contribution is 1.89. The molecule has 1 rings (SSSR count). The van der Waals surface area contributed by atoms with Crippen molar-refractivity contribution in [3.63, 3.8) is 0 Å². The average molecular weight is 204 g/mol. The van der Waals surface area contributed by atoms with Crippen LogP contribution in [-0.4, -0.2) is 22.4 Å². The Labute approximate surface area is 81.3 Å². The Hall–Kier alpha value is -1.40. The molecule has 0 aliphatic heterocycles. The molecule has 0 radical (unpaired) electrons. The predicted molar refractivity (Wildman–Crippen MR) is 50.1 cm³/mol. The lowest BCUT2D eigenvalue weighted by atomic mass is 10.6. The Morgan fingerprint density at radius 3 is 2.62 bits per heavy atom. The summed E-state index contributed by atoms with van der Waals surface area (Å²) >= 11 is 0. The highest BCUT2D eigenvalue weighted by atomic mass is 35.5. The van der Waals surface area contributed by atoms with Gasteiger partial charge >= 0.3 is 0 Å².